The lowest BCUT2D eigenvalue weighted by Gasteiger charge is -2.22. The molecule has 0 radical (unpaired) electrons. The van der Waals surface area contributed by atoms with E-state index in [9.17, 15) is 8.78 Å². The predicted octanol–water partition coefficient (Wildman–Crippen LogP) is 3.88. The first-order valence-electron chi connectivity index (χ1n) is 9.90. The van der Waals surface area contributed by atoms with Gasteiger partial charge in [0.05, 0.1) is 20.3 Å². The summed E-state index contributed by atoms with van der Waals surface area (Å²) in [7, 11) is 3.46. The molecule has 0 bridgehead atoms. The smallest absolute Gasteiger partial charge is 0.387 e. The molecule has 0 saturated carbocycles. The van der Waals surface area contributed by atoms with Gasteiger partial charge in [-0.25, -0.2) is 4.99 Å². The normalized spacial score (nSPS) is 11.0. The van der Waals surface area contributed by atoms with E-state index < -0.39 is 6.61 Å². The van der Waals surface area contributed by atoms with E-state index in [4.69, 9.17) is 14.6 Å². The molecule has 10 heteroatoms. The van der Waals surface area contributed by atoms with Crippen molar-refractivity contribution >= 4 is 29.9 Å². The first kappa shape index (κ1) is 27.7. The van der Waals surface area contributed by atoms with E-state index in [1.165, 1.54) is 12.1 Å². The van der Waals surface area contributed by atoms with Crippen LogP contribution in [0.4, 0.5) is 8.78 Å². The molecule has 7 nitrogen and oxygen atoms in total. The highest BCUT2D eigenvalue weighted by Gasteiger charge is 2.10. The second-order valence-corrected chi connectivity index (χ2v) is 6.61. The van der Waals surface area contributed by atoms with Crippen molar-refractivity contribution in [3.8, 4) is 17.2 Å². The van der Waals surface area contributed by atoms with Crippen LogP contribution in [-0.2, 0) is 13.1 Å². The SMILES string of the molecule is CCNC(=NCc1ccc(OCCO)c(OC)c1)N(C)Cc1ccc(OC(F)F)cc1.I. The topological polar surface area (TPSA) is 75.6 Å². The van der Waals surface area contributed by atoms with Crippen LogP contribution in [0.5, 0.6) is 17.2 Å². The van der Waals surface area contributed by atoms with Crippen molar-refractivity contribution in [2.24, 2.45) is 4.99 Å². The fraction of sp³-hybridized carbons (Fsp3) is 0.409. The van der Waals surface area contributed by atoms with E-state index >= 15 is 0 Å². The van der Waals surface area contributed by atoms with Gasteiger partial charge in [-0.05, 0) is 42.3 Å². The summed E-state index contributed by atoms with van der Waals surface area (Å²) < 4.78 is 39.8. The van der Waals surface area contributed by atoms with Crippen molar-refractivity contribution in [1.29, 1.82) is 0 Å². The van der Waals surface area contributed by atoms with E-state index in [-0.39, 0.29) is 42.9 Å². The molecule has 0 aliphatic carbocycles. The van der Waals surface area contributed by atoms with Crippen LogP contribution >= 0.6 is 24.0 Å². The molecule has 0 saturated heterocycles. The average molecular weight is 565 g/mol. The Hall–Kier alpha value is -2.34. The lowest BCUT2D eigenvalue weighted by atomic mass is 10.2. The Morgan fingerprint density at radius 2 is 1.81 bits per heavy atom. The molecule has 2 aromatic rings. The lowest BCUT2D eigenvalue weighted by Crippen LogP contribution is -2.38. The number of nitrogens with zero attached hydrogens (tertiary/aromatic N) is 2. The zero-order chi connectivity index (χ0) is 22.6. The fourth-order valence-electron chi connectivity index (χ4n) is 2.85. The average Bonchev–Trinajstić information content (AvgIpc) is 2.76. The van der Waals surface area contributed by atoms with Crippen LogP contribution in [0.15, 0.2) is 47.5 Å². The summed E-state index contributed by atoms with van der Waals surface area (Å²) in [6.45, 7) is 0.920. The maximum absolute atomic E-state index is 12.3. The highest BCUT2D eigenvalue weighted by Crippen LogP contribution is 2.28. The van der Waals surface area contributed by atoms with Crippen LogP contribution in [0.25, 0.3) is 0 Å². The molecule has 0 aliphatic heterocycles. The summed E-state index contributed by atoms with van der Waals surface area (Å²) in [6.07, 6.45) is 0. The minimum Gasteiger partial charge on any atom is -0.493 e. The number of aliphatic hydroxyl groups is 1. The van der Waals surface area contributed by atoms with Crippen molar-refractivity contribution in [2.75, 3.05) is 33.9 Å². The maximum atomic E-state index is 12.3. The van der Waals surface area contributed by atoms with Crippen molar-refractivity contribution in [2.45, 2.75) is 26.6 Å². The molecule has 2 aromatic carbocycles. The molecule has 0 unspecified atom stereocenters. The van der Waals surface area contributed by atoms with Gasteiger partial charge in [-0.15, -0.1) is 24.0 Å². The van der Waals surface area contributed by atoms with Gasteiger partial charge in [0, 0.05) is 20.1 Å². The number of rotatable bonds is 11. The van der Waals surface area contributed by atoms with Gasteiger partial charge >= 0.3 is 6.61 Å². The van der Waals surface area contributed by atoms with Crippen molar-refractivity contribution in [3.05, 3.63) is 53.6 Å². The molecule has 0 heterocycles. The van der Waals surface area contributed by atoms with Gasteiger partial charge in [0.1, 0.15) is 12.4 Å². The molecule has 0 spiro atoms. The van der Waals surface area contributed by atoms with Crippen molar-refractivity contribution < 1.29 is 28.1 Å². The van der Waals surface area contributed by atoms with E-state index in [0.717, 1.165) is 11.1 Å². The van der Waals surface area contributed by atoms with Crippen molar-refractivity contribution in [1.82, 2.24) is 10.2 Å². The molecule has 2 N–H and O–H groups in total. The molecular formula is C22H30F2IN3O4. The molecule has 0 aromatic heterocycles. The molecule has 0 aliphatic rings. The van der Waals surface area contributed by atoms with E-state index in [0.29, 0.717) is 37.1 Å². The predicted molar refractivity (Wildman–Crippen MR) is 130 cm³/mol. The summed E-state index contributed by atoms with van der Waals surface area (Å²) in [5, 5.41) is 12.2. The van der Waals surface area contributed by atoms with Crippen molar-refractivity contribution in [3.63, 3.8) is 0 Å². The first-order valence-corrected chi connectivity index (χ1v) is 9.90. The number of guanidine groups is 1. The minimum atomic E-state index is -2.84. The van der Waals surface area contributed by atoms with Crippen LogP contribution in [0.3, 0.4) is 0 Å². The number of alkyl halides is 2. The zero-order valence-corrected chi connectivity index (χ0v) is 20.7. The quantitative estimate of drug-likeness (QED) is 0.245. The molecule has 178 valence electrons. The van der Waals surface area contributed by atoms with Gasteiger partial charge in [-0.3, -0.25) is 0 Å². The Morgan fingerprint density at radius 1 is 1.12 bits per heavy atom. The second-order valence-electron chi connectivity index (χ2n) is 6.61. The Morgan fingerprint density at radius 3 is 2.41 bits per heavy atom. The largest absolute Gasteiger partial charge is 0.493 e. The molecule has 0 amide bonds. The molecule has 0 fully saturated rings. The Labute approximate surface area is 204 Å². The van der Waals surface area contributed by atoms with Gasteiger partial charge in [0.25, 0.3) is 0 Å². The Balaban J connectivity index is 0.00000512. The fourth-order valence-corrected chi connectivity index (χ4v) is 2.85. The number of halogens is 3. The number of hydrogen-bond acceptors (Lipinski definition) is 5. The third kappa shape index (κ3) is 9.03. The monoisotopic (exact) mass is 565 g/mol. The first-order chi connectivity index (χ1) is 15.0. The highest BCUT2D eigenvalue weighted by molar-refractivity contribution is 14.0. The van der Waals surface area contributed by atoms with Gasteiger partial charge in [-0.1, -0.05) is 18.2 Å². The Kier molecular flexibility index (Phi) is 12.7. The van der Waals surface area contributed by atoms with Crippen LogP contribution in [0.2, 0.25) is 0 Å². The van der Waals surface area contributed by atoms with Gasteiger partial charge in [0.2, 0.25) is 0 Å². The molecule has 0 atom stereocenters. The minimum absolute atomic E-state index is 0. The summed E-state index contributed by atoms with van der Waals surface area (Å²) >= 11 is 0. The van der Waals surface area contributed by atoms with Crippen LogP contribution in [-0.4, -0.2) is 56.5 Å². The maximum Gasteiger partial charge on any atom is 0.387 e. The third-order valence-corrected chi connectivity index (χ3v) is 4.25. The molecular weight excluding hydrogens is 535 g/mol. The van der Waals surface area contributed by atoms with Crippen LogP contribution in [0, 0.1) is 0 Å². The molecule has 32 heavy (non-hydrogen) atoms. The zero-order valence-electron chi connectivity index (χ0n) is 18.4. The summed E-state index contributed by atoms with van der Waals surface area (Å²) in [6, 6.07) is 12.1. The van der Waals surface area contributed by atoms with Gasteiger partial charge < -0.3 is 29.5 Å². The number of aliphatic hydroxyl groups excluding tert-OH is 1. The highest BCUT2D eigenvalue weighted by atomic mass is 127. The second kappa shape index (κ2) is 14.7. The van der Waals surface area contributed by atoms with Crippen LogP contribution in [0.1, 0.15) is 18.1 Å². The van der Waals surface area contributed by atoms with Gasteiger partial charge in [-0.2, -0.15) is 8.78 Å². The number of hydrogen-bond donors (Lipinski definition) is 2. The summed E-state index contributed by atoms with van der Waals surface area (Å²) in [4.78, 5) is 6.62. The Bertz CT molecular complexity index is 838. The number of ether oxygens (including phenoxy) is 3. The van der Waals surface area contributed by atoms with Gasteiger partial charge in [0.15, 0.2) is 17.5 Å². The van der Waals surface area contributed by atoms with E-state index in [1.807, 2.05) is 31.0 Å². The van der Waals surface area contributed by atoms with E-state index in [2.05, 4.69) is 15.0 Å². The number of benzene rings is 2. The van der Waals surface area contributed by atoms with Crippen LogP contribution < -0.4 is 19.5 Å². The number of methoxy groups -OCH3 is 1. The van der Waals surface area contributed by atoms with E-state index in [1.54, 1.807) is 25.3 Å². The standard InChI is InChI=1S/C22H29F2N3O4.HI/c1-4-25-22(27(2)15-16-5-8-18(9-6-16)31-21(23)24)26-14-17-7-10-19(30-12-11-28)20(13-17)29-3;/h5-10,13,21,28H,4,11-12,14-15H2,1-3H3,(H,25,26);1H. The number of nitrogens with one attached hydrogen (secondary N) is 1. The third-order valence-electron chi connectivity index (χ3n) is 4.25. The summed E-state index contributed by atoms with van der Waals surface area (Å²) in [5.41, 5.74) is 1.87. The lowest BCUT2D eigenvalue weighted by molar-refractivity contribution is -0.0498. The number of aliphatic imine (C=N–C) groups is 1. The summed E-state index contributed by atoms with van der Waals surface area (Å²) in [5.74, 6) is 1.97. The molecule has 2 rings (SSSR count).